The maximum absolute atomic E-state index is 5.40. The third-order valence-electron chi connectivity index (χ3n) is 1.50. The van der Waals surface area contributed by atoms with Crippen molar-refractivity contribution in [2.45, 2.75) is 12.6 Å². The Morgan fingerprint density at radius 2 is 2.42 bits per heavy atom. The van der Waals surface area contributed by atoms with Crippen LogP contribution in [0.4, 0.5) is 0 Å². The molecule has 0 saturated carbocycles. The lowest BCUT2D eigenvalue weighted by atomic mass is 10.3. The lowest BCUT2D eigenvalue weighted by molar-refractivity contribution is -0.0799. The Bertz CT molecular complexity index is 261. The average Bonchev–Trinajstić information content (AvgIpc) is 2.44. The number of ether oxygens (including phenoxy) is 2. The maximum Gasteiger partial charge on any atom is 0.294 e. The highest BCUT2D eigenvalue weighted by atomic mass is 32.1. The summed E-state index contributed by atoms with van der Waals surface area (Å²) in [5.74, 6) is 0. The first kappa shape index (κ1) is 7.90. The fourth-order valence-electron chi connectivity index (χ4n) is 0.793. The lowest BCUT2D eigenvalue weighted by Crippen LogP contribution is -2.38. The van der Waals surface area contributed by atoms with Gasteiger partial charge in [0.1, 0.15) is 11.1 Å². The van der Waals surface area contributed by atoms with Crippen LogP contribution in [0.5, 0.6) is 5.19 Å². The Balaban J connectivity index is 1.93. The zero-order valence-electron chi connectivity index (χ0n) is 6.40. The van der Waals surface area contributed by atoms with Gasteiger partial charge in [-0.25, -0.2) is 0 Å². The molecular formula is C6H9N3O2S. The molecule has 1 aromatic rings. The Kier molecular flexibility index (Phi) is 2.20. The first-order chi connectivity index (χ1) is 5.88. The number of hydrogen-bond acceptors (Lipinski definition) is 6. The van der Waals surface area contributed by atoms with E-state index in [1.54, 1.807) is 0 Å². The fourth-order valence-corrected chi connectivity index (χ4v) is 1.43. The average molecular weight is 187 g/mol. The second-order valence-corrected chi connectivity index (χ2v) is 3.47. The van der Waals surface area contributed by atoms with E-state index in [4.69, 9.17) is 15.2 Å². The van der Waals surface area contributed by atoms with Gasteiger partial charge in [-0.05, 0) is 0 Å². The first-order valence-corrected chi connectivity index (χ1v) is 4.47. The van der Waals surface area contributed by atoms with E-state index in [2.05, 4.69) is 10.2 Å². The molecule has 5 nitrogen and oxygen atoms in total. The number of rotatable bonds is 3. The highest BCUT2D eigenvalue weighted by molar-refractivity contribution is 7.13. The van der Waals surface area contributed by atoms with Gasteiger partial charge in [-0.3, -0.25) is 0 Å². The van der Waals surface area contributed by atoms with Crippen LogP contribution in [0.3, 0.4) is 0 Å². The van der Waals surface area contributed by atoms with Crippen LogP contribution < -0.4 is 10.5 Å². The van der Waals surface area contributed by atoms with Gasteiger partial charge in [0, 0.05) is 6.54 Å². The van der Waals surface area contributed by atoms with Crippen LogP contribution in [0.2, 0.25) is 0 Å². The molecule has 2 rings (SSSR count). The van der Waals surface area contributed by atoms with Crippen molar-refractivity contribution in [2.24, 2.45) is 5.73 Å². The Morgan fingerprint density at radius 3 is 2.92 bits per heavy atom. The van der Waals surface area contributed by atoms with Gasteiger partial charge in [0.2, 0.25) is 0 Å². The van der Waals surface area contributed by atoms with Crippen molar-refractivity contribution in [3.05, 3.63) is 5.01 Å². The zero-order chi connectivity index (χ0) is 8.39. The summed E-state index contributed by atoms with van der Waals surface area (Å²) in [5, 5.41) is 9.03. The largest absolute Gasteiger partial charge is 0.461 e. The third-order valence-corrected chi connectivity index (χ3v) is 2.33. The van der Waals surface area contributed by atoms with Crippen LogP contribution in [0.1, 0.15) is 5.01 Å². The van der Waals surface area contributed by atoms with E-state index in [0.29, 0.717) is 25.0 Å². The van der Waals surface area contributed by atoms with Crippen molar-refractivity contribution in [1.29, 1.82) is 0 Å². The second-order valence-electron chi connectivity index (χ2n) is 2.44. The van der Waals surface area contributed by atoms with Crippen molar-refractivity contribution in [2.75, 3.05) is 13.2 Å². The first-order valence-electron chi connectivity index (χ1n) is 3.65. The van der Waals surface area contributed by atoms with E-state index in [1.165, 1.54) is 11.3 Å². The van der Waals surface area contributed by atoms with E-state index < -0.39 is 0 Å². The SMILES string of the molecule is NCc1nnc(OC2COC2)s1. The monoisotopic (exact) mass is 187 g/mol. The molecule has 0 aliphatic carbocycles. The molecular weight excluding hydrogens is 178 g/mol. The van der Waals surface area contributed by atoms with Gasteiger partial charge in [0.25, 0.3) is 5.19 Å². The van der Waals surface area contributed by atoms with Crippen molar-refractivity contribution in [1.82, 2.24) is 10.2 Å². The van der Waals surface area contributed by atoms with Crippen LogP contribution in [0.25, 0.3) is 0 Å². The summed E-state index contributed by atoms with van der Waals surface area (Å²) in [6.45, 7) is 1.72. The highest BCUT2D eigenvalue weighted by Crippen LogP contribution is 2.20. The molecule has 6 heteroatoms. The summed E-state index contributed by atoms with van der Waals surface area (Å²) in [7, 11) is 0. The summed E-state index contributed by atoms with van der Waals surface area (Å²) in [6.07, 6.45) is 0.156. The molecule has 1 saturated heterocycles. The lowest BCUT2D eigenvalue weighted by Gasteiger charge is -2.24. The van der Waals surface area contributed by atoms with E-state index in [9.17, 15) is 0 Å². The minimum Gasteiger partial charge on any atom is -0.461 e. The predicted molar refractivity (Wildman–Crippen MR) is 43.0 cm³/mol. The van der Waals surface area contributed by atoms with Crippen molar-refractivity contribution < 1.29 is 9.47 Å². The molecule has 12 heavy (non-hydrogen) atoms. The van der Waals surface area contributed by atoms with E-state index in [1.807, 2.05) is 0 Å². The summed E-state index contributed by atoms with van der Waals surface area (Å²) in [5.41, 5.74) is 5.37. The summed E-state index contributed by atoms with van der Waals surface area (Å²) >= 11 is 1.39. The Hall–Kier alpha value is -0.720. The van der Waals surface area contributed by atoms with Gasteiger partial charge >= 0.3 is 0 Å². The molecule has 1 aromatic heterocycles. The number of nitrogens with zero attached hydrogens (tertiary/aromatic N) is 2. The predicted octanol–water partition coefficient (Wildman–Crippen LogP) is -0.226. The van der Waals surface area contributed by atoms with Crippen molar-refractivity contribution in [3.8, 4) is 5.19 Å². The van der Waals surface area contributed by atoms with Crippen LogP contribution in [-0.4, -0.2) is 29.5 Å². The van der Waals surface area contributed by atoms with Gasteiger partial charge in [0.05, 0.1) is 13.2 Å². The summed E-state index contributed by atoms with van der Waals surface area (Å²) in [6, 6.07) is 0. The minimum absolute atomic E-state index is 0.156. The minimum atomic E-state index is 0.156. The van der Waals surface area contributed by atoms with E-state index in [0.717, 1.165) is 5.01 Å². The zero-order valence-corrected chi connectivity index (χ0v) is 7.21. The smallest absolute Gasteiger partial charge is 0.294 e. The van der Waals surface area contributed by atoms with Crippen molar-refractivity contribution in [3.63, 3.8) is 0 Å². The fraction of sp³-hybridized carbons (Fsp3) is 0.667. The molecule has 66 valence electrons. The van der Waals surface area contributed by atoms with E-state index in [-0.39, 0.29) is 6.10 Å². The van der Waals surface area contributed by atoms with Gasteiger partial charge in [-0.2, -0.15) is 0 Å². The highest BCUT2D eigenvalue weighted by Gasteiger charge is 2.21. The van der Waals surface area contributed by atoms with Gasteiger partial charge < -0.3 is 15.2 Å². The molecule has 2 heterocycles. The van der Waals surface area contributed by atoms with Crippen molar-refractivity contribution >= 4 is 11.3 Å². The van der Waals surface area contributed by atoms with Crippen LogP contribution >= 0.6 is 11.3 Å². The summed E-state index contributed by atoms with van der Waals surface area (Å²) < 4.78 is 10.3. The summed E-state index contributed by atoms with van der Waals surface area (Å²) in [4.78, 5) is 0. The van der Waals surface area contributed by atoms with Crippen LogP contribution in [0, 0.1) is 0 Å². The maximum atomic E-state index is 5.40. The van der Waals surface area contributed by atoms with Crippen LogP contribution in [0.15, 0.2) is 0 Å². The molecule has 0 amide bonds. The van der Waals surface area contributed by atoms with Gasteiger partial charge in [-0.15, -0.1) is 5.10 Å². The molecule has 0 radical (unpaired) electrons. The Morgan fingerprint density at radius 1 is 1.58 bits per heavy atom. The normalized spacial score (nSPS) is 17.4. The number of aromatic nitrogens is 2. The molecule has 1 aliphatic heterocycles. The van der Waals surface area contributed by atoms with E-state index >= 15 is 0 Å². The molecule has 0 unspecified atom stereocenters. The number of nitrogens with two attached hydrogens (primary N) is 1. The molecule has 0 aromatic carbocycles. The number of hydrogen-bond donors (Lipinski definition) is 1. The van der Waals surface area contributed by atoms with Gasteiger partial charge in [0.15, 0.2) is 0 Å². The molecule has 0 spiro atoms. The van der Waals surface area contributed by atoms with Crippen LogP contribution in [-0.2, 0) is 11.3 Å². The molecule has 0 bridgehead atoms. The molecule has 0 atom stereocenters. The molecule has 2 N–H and O–H groups in total. The molecule has 1 fully saturated rings. The topological polar surface area (TPSA) is 70.3 Å². The molecule has 1 aliphatic rings. The standard InChI is InChI=1S/C6H9N3O2S/c7-1-5-8-9-6(12-5)11-4-2-10-3-4/h4H,1-3,7H2. The quantitative estimate of drug-likeness (QED) is 0.708. The Labute approximate surface area is 73.5 Å². The van der Waals surface area contributed by atoms with Gasteiger partial charge in [-0.1, -0.05) is 16.4 Å². The second kappa shape index (κ2) is 3.34. The third kappa shape index (κ3) is 1.55.